The molecule has 1 aromatic carbocycles. The van der Waals surface area contributed by atoms with Crippen molar-refractivity contribution in [2.45, 2.75) is 25.3 Å². The molecular formula is C13H18N2O. The Labute approximate surface area is 96.2 Å². The first-order valence-electron chi connectivity index (χ1n) is 5.68. The molecule has 86 valence electrons. The van der Waals surface area contributed by atoms with Crippen LogP contribution >= 0.6 is 0 Å². The molecule has 0 spiro atoms. The Kier molecular flexibility index (Phi) is 2.97. The van der Waals surface area contributed by atoms with Crippen molar-refractivity contribution in [3.63, 3.8) is 0 Å². The van der Waals surface area contributed by atoms with Gasteiger partial charge >= 0.3 is 0 Å². The number of likely N-dealkylation sites (N-methyl/N-ethyl adjacent to an activating group) is 1. The lowest BCUT2D eigenvalue weighted by Gasteiger charge is -2.32. The summed E-state index contributed by atoms with van der Waals surface area (Å²) in [5, 5.41) is 0. The first kappa shape index (κ1) is 11.1. The van der Waals surface area contributed by atoms with Crippen molar-refractivity contribution in [2.24, 2.45) is 5.73 Å². The van der Waals surface area contributed by atoms with Gasteiger partial charge in [-0.2, -0.15) is 0 Å². The standard InChI is InChI=1S/C13H18N2O/c1-9(14)8-15(2)13(16)12-7-10-5-3-4-6-11(10)12/h3-6,9,12H,7-8,14H2,1-2H3. The third-order valence-corrected chi connectivity index (χ3v) is 3.09. The Morgan fingerprint density at radius 1 is 1.56 bits per heavy atom. The molecule has 2 unspecified atom stereocenters. The zero-order valence-electron chi connectivity index (χ0n) is 9.81. The molecule has 16 heavy (non-hydrogen) atoms. The third kappa shape index (κ3) is 1.95. The second-order valence-electron chi connectivity index (χ2n) is 4.65. The highest BCUT2D eigenvalue weighted by molar-refractivity contribution is 5.86. The lowest BCUT2D eigenvalue weighted by molar-refractivity contribution is -0.132. The van der Waals surface area contributed by atoms with Crippen LogP contribution in [-0.2, 0) is 11.2 Å². The molecular weight excluding hydrogens is 200 g/mol. The molecule has 3 nitrogen and oxygen atoms in total. The summed E-state index contributed by atoms with van der Waals surface area (Å²) in [6, 6.07) is 8.17. The summed E-state index contributed by atoms with van der Waals surface area (Å²) >= 11 is 0. The summed E-state index contributed by atoms with van der Waals surface area (Å²) in [4.78, 5) is 13.8. The van der Waals surface area contributed by atoms with E-state index in [0.717, 1.165) is 6.42 Å². The van der Waals surface area contributed by atoms with Gasteiger partial charge in [-0.15, -0.1) is 0 Å². The van der Waals surface area contributed by atoms with E-state index >= 15 is 0 Å². The smallest absolute Gasteiger partial charge is 0.230 e. The summed E-state index contributed by atoms with van der Waals surface area (Å²) in [6.45, 7) is 2.54. The topological polar surface area (TPSA) is 46.3 Å². The van der Waals surface area contributed by atoms with Gasteiger partial charge in [-0.05, 0) is 24.5 Å². The number of fused-ring (bicyclic) bond motifs is 1. The molecule has 0 heterocycles. The summed E-state index contributed by atoms with van der Waals surface area (Å²) in [5.74, 6) is 0.246. The number of nitrogens with two attached hydrogens (primary N) is 1. The number of amides is 1. The van der Waals surface area contributed by atoms with Gasteiger partial charge in [0, 0.05) is 19.6 Å². The van der Waals surface area contributed by atoms with Crippen LogP contribution in [0.25, 0.3) is 0 Å². The molecule has 1 aliphatic rings. The fraction of sp³-hybridized carbons (Fsp3) is 0.462. The van der Waals surface area contributed by atoms with Gasteiger partial charge < -0.3 is 10.6 Å². The fourth-order valence-electron chi connectivity index (χ4n) is 2.27. The Bertz CT molecular complexity index is 401. The summed E-state index contributed by atoms with van der Waals surface area (Å²) in [6.07, 6.45) is 0.873. The van der Waals surface area contributed by atoms with Crippen LogP contribution in [0, 0.1) is 0 Å². The predicted molar refractivity (Wildman–Crippen MR) is 64.2 cm³/mol. The molecule has 0 saturated heterocycles. The van der Waals surface area contributed by atoms with Gasteiger partial charge in [-0.3, -0.25) is 4.79 Å². The molecule has 2 N–H and O–H groups in total. The Hall–Kier alpha value is -1.35. The van der Waals surface area contributed by atoms with Crippen molar-refractivity contribution in [1.29, 1.82) is 0 Å². The van der Waals surface area contributed by atoms with Crippen LogP contribution in [0.4, 0.5) is 0 Å². The van der Waals surface area contributed by atoms with Crippen LogP contribution in [0.2, 0.25) is 0 Å². The summed E-state index contributed by atoms with van der Waals surface area (Å²) < 4.78 is 0. The molecule has 0 bridgehead atoms. The van der Waals surface area contributed by atoms with E-state index in [-0.39, 0.29) is 17.9 Å². The van der Waals surface area contributed by atoms with Crippen molar-refractivity contribution in [1.82, 2.24) is 4.90 Å². The maximum atomic E-state index is 12.1. The van der Waals surface area contributed by atoms with Crippen molar-refractivity contribution in [3.05, 3.63) is 35.4 Å². The van der Waals surface area contributed by atoms with Crippen LogP contribution in [-0.4, -0.2) is 30.4 Å². The van der Waals surface area contributed by atoms with Gasteiger partial charge in [0.15, 0.2) is 0 Å². The highest BCUT2D eigenvalue weighted by Gasteiger charge is 2.33. The average Bonchev–Trinajstić information content (AvgIpc) is 2.18. The third-order valence-electron chi connectivity index (χ3n) is 3.09. The lowest BCUT2D eigenvalue weighted by atomic mass is 9.77. The van der Waals surface area contributed by atoms with Gasteiger partial charge in [-0.25, -0.2) is 0 Å². The molecule has 1 aromatic rings. The molecule has 1 amide bonds. The number of carbonyl (C=O) groups is 1. The Morgan fingerprint density at radius 3 is 2.88 bits per heavy atom. The first-order valence-corrected chi connectivity index (χ1v) is 5.68. The Morgan fingerprint density at radius 2 is 2.25 bits per heavy atom. The van der Waals surface area contributed by atoms with E-state index in [4.69, 9.17) is 5.73 Å². The van der Waals surface area contributed by atoms with Crippen LogP contribution in [0.3, 0.4) is 0 Å². The zero-order chi connectivity index (χ0) is 11.7. The number of hydrogen-bond acceptors (Lipinski definition) is 2. The van der Waals surface area contributed by atoms with E-state index in [1.165, 1.54) is 11.1 Å². The molecule has 0 aromatic heterocycles. The normalized spacial score (nSPS) is 19.6. The van der Waals surface area contributed by atoms with E-state index in [1.807, 2.05) is 32.2 Å². The maximum absolute atomic E-state index is 12.1. The minimum atomic E-state index is 0.0317. The van der Waals surface area contributed by atoms with Crippen LogP contribution in [0.15, 0.2) is 24.3 Å². The molecule has 0 fully saturated rings. The number of carbonyl (C=O) groups excluding carboxylic acids is 1. The monoisotopic (exact) mass is 218 g/mol. The van der Waals surface area contributed by atoms with Gasteiger partial charge in [0.1, 0.15) is 0 Å². The number of rotatable bonds is 3. The lowest BCUT2D eigenvalue weighted by Crippen LogP contribution is -2.42. The minimum Gasteiger partial charge on any atom is -0.344 e. The number of benzene rings is 1. The molecule has 3 heteroatoms. The van der Waals surface area contributed by atoms with E-state index in [9.17, 15) is 4.79 Å². The molecule has 0 saturated carbocycles. The largest absolute Gasteiger partial charge is 0.344 e. The van der Waals surface area contributed by atoms with E-state index in [1.54, 1.807) is 4.90 Å². The van der Waals surface area contributed by atoms with Crippen molar-refractivity contribution >= 4 is 5.91 Å². The summed E-state index contributed by atoms with van der Waals surface area (Å²) in [7, 11) is 1.83. The SMILES string of the molecule is CC(N)CN(C)C(=O)C1Cc2ccccc21. The molecule has 0 aliphatic heterocycles. The van der Waals surface area contributed by atoms with Crippen LogP contribution in [0.5, 0.6) is 0 Å². The predicted octanol–water partition coefficient (Wildman–Crippen LogP) is 1.13. The van der Waals surface area contributed by atoms with Crippen molar-refractivity contribution in [3.8, 4) is 0 Å². The van der Waals surface area contributed by atoms with Crippen LogP contribution < -0.4 is 5.73 Å². The minimum absolute atomic E-state index is 0.0317. The average molecular weight is 218 g/mol. The molecule has 2 atom stereocenters. The molecule has 1 aliphatic carbocycles. The second kappa shape index (κ2) is 4.26. The quantitative estimate of drug-likeness (QED) is 0.826. The van der Waals surface area contributed by atoms with Gasteiger partial charge in [0.05, 0.1) is 5.92 Å². The number of hydrogen-bond donors (Lipinski definition) is 1. The first-order chi connectivity index (χ1) is 7.59. The van der Waals surface area contributed by atoms with E-state index in [0.29, 0.717) is 6.54 Å². The van der Waals surface area contributed by atoms with Crippen molar-refractivity contribution < 1.29 is 4.79 Å². The van der Waals surface area contributed by atoms with E-state index < -0.39 is 0 Å². The van der Waals surface area contributed by atoms with Gasteiger partial charge in [0.25, 0.3) is 0 Å². The van der Waals surface area contributed by atoms with Gasteiger partial charge in [-0.1, -0.05) is 24.3 Å². The molecule has 0 radical (unpaired) electrons. The number of nitrogens with zero attached hydrogens (tertiary/aromatic N) is 1. The van der Waals surface area contributed by atoms with Gasteiger partial charge in [0.2, 0.25) is 5.91 Å². The highest BCUT2D eigenvalue weighted by atomic mass is 16.2. The summed E-state index contributed by atoms with van der Waals surface area (Å²) in [5.41, 5.74) is 8.18. The second-order valence-corrected chi connectivity index (χ2v) is 4.65. The Balaban J connectivity index is 2.04. The van der Waals surface area contributed by atoms with Crippen molar-refractivity contribution in [2.75, 3.05) is 13.6 Å². The van der Waals surface area contributed by atoms with E-state index in [2.05, 4.69) is 6.07 Å². The maximum Gasteiger partial charge on any atom is 0.230 e. The zero-order valence-corrected chi connectivity index (χ0v) is 9.81. The highest BCUT2D eigenvalue weighted by Crippen LogP contribution is 2.35. The molecule has 2 rings (SSSR count). The fourth-order valence-corrected chi connectivity index (χ4v) is 2.27. The van der Waals surface area contributed by atoms with Crippen LogP contribution in [0.1, 0.15) is 24.0 Å².